The summed E-state index contributed by atoms with van der Waals surface area (Å²) in [6.07, 6.45) is -1.63. The minimum Gasteiger partial charge on any atom is -0.504 e. The molecule has 1 atom stereocenters. The fourth-order valence-corrected chi connectivity index (χ4v) is 1.52. The second kappa shape index (κ2) is 4.50. The van der Waals surface area contributed by atoms with E-state index in [2.05, 4.69) is 20.7 Å². The summed E-state index contributed by atoms with van der Waals surface area (Å²) < 4.78 is 4.73. The molecule has 0 spiro atoms. The summed E-state index contributed by atoms with van der Waals surface area (Å²) in [4.78, 5) is 11.0. The molecule has 0 aliphatic heterocycles. The number of hydrogen-bond acceptors (Lipinski definition) is 5. The van der Waals surface area contributed by atoms with Crippen molar-refractivity contribution in [3.05, 3.63) is 22.2 Å². The van der Waals surface area contributed by atoms with Gasteiger partial charge in [0, 0.05) is 10.0 Å². The Kier molecular flexibility index (Phi) is 3.54. The Morgan fingerprint density at radius 2 is 2.07 bits per heavy atom. The third kappa shape index (κ3) is 2.40. The first-order valence-electron chi connectivity index (χ1n) is 3.94. The molecule has 15 heavy (non-hydrogen) atoms. The van der Waals surface area contributed by atoms with Crippen molar-refractivity contribution in [3.8, 4) is 11.5 Å². The quantitative estimate of drug-likeness (QED) is 0.556. The first-order chi connectivity index (χ1) is 6.97. The third-order valence-corrected chi connectivity index (χ3v) is 2.26. The molecule has 3 N–H and O–H groups in total. The number of aliphatic hydroxyl groups excluding tert-OH is 1. The standard InChI is InChI=1S/C9H9BrO5/c1-15-9(14)8(13)5-2-4(10)3-6(11)7(5)12/h2-3,8,11-13H,1H3. The van der Waals surface area contributed by atoms with Crippen molar-refractivity contribution in [3.63, 3.8) is 0 Å². The van der Waals surface area contributed by atoms with Crippen LogP contribution in [0.2, 0.25) is 0 Å². The lowest BCUT2D eigenvalue weighted by Crippen LogP contribution is -2.13. The monoisotopic (exact) mass is 276 g/mol. The maximum atomic E-state index is 11.0. The number of phenols is 2. The number of benzene rings is 1. The predicted molar refractivity (Wildman–Crippen MR) is 54.4 cm³/mol. The zero-order chi connectivity index (χ0) is 11.6. The van der Waals surface area contributed by atoms with Crippen LogP contribution in [-0.4, -0.2) is 28.4 Å². The van der Waals surface area contributed by atoms with Crippen molar-refractivity contribution in [1.29, 1.82) is 0 Å². The van der Waals surface area contributed by atoms with Gasteiger partial charge in [0.25, 0.3) is 0 Å². The molecule has 1 aromatic carbocycles. The average Bonchev–Trinajstić information content (AvgIpc) is 2.21. The van der Waals surface area contributed by atoms with E-state index in [0.717, 1.165) is 7.11 Å². The maximum absolute atomic E-state index is 11.0. The van der Waals surface area contributed by atoms with Gasteiger partial charge in [-0.25, -0.2) is 4.79 Å². The van der Waals surface area contributed by atoms with Crippen LogP contribution in [0.4, 0.5) is 0 Å². The number of methoxy groups -OCH3 is 1. The molecule has 1 unspecified atom stereocenters. The Balaban J connectivity index is 3.19. The van der Waals surface area contributed by atoms with Crippen molar-refractivity contribution in [1.82, 2.24) is 0 Å². The van der Waals surface area contributed by atoms with Crippen LogP contribution in [0, 0.1) is 0 Å². The van der Waals surface area contributed by atoms with E-state index in [1.54, 1.807) is 0 Å². The number of aliphatic hydroxyl groups is 1. The lowest BCUT2D eigenvalue weighted by Gasteiger charge is -2.11. The largest absolute Gasteiger partial charge is 0.504 e. The van der Waals surface area contributed by atoms with Crippen LogP contribution >= 0.6 is 15.9 Å². The SMILES string of the molecule is COC(=O)C(O)c1cc(Br)cc(O)c1O. The number of rotatable bonds is 2. The second-order valence-electron chi connectivity index (χ2n) is 2.79. The second-order valence-corrected chi connectivity index (χ2v) is 3.70. The molecule has 1 rings (SSSR count). The van der Waals surface area contributed by atoms with Gasteiger partial charge in [-0.05, 0) is 12.1 Å². The molecular formula is C9H9BrO5. The van der Waals surface area contributed by atoms with Gasteiger partial charge in [0.15, 0.2) is 17.6 Å². The van der Waals surface area contributed by atoms with Crippen molar-refractivity contribution in [2.75, 3.05) is 7.11 Å². The number of hydrogen-bond donors (Lipinski definition) is 3. The summed E-state index contributed by atoms with van der Waals surface area (Å²) in [5.41, 5.74) is -0.117. The highest BCUT2D eigenvalue weighted by atomic mass is 79.9. The number of carbonyl (C=O) groups is 1. The lowest BCUT2D eigenvalue weighted by molar-refractivity contribution is -0.150. The van der Waals surface area contributed by atoms with Crippen molar-refractivity contribution in [2.45, 2.75) is 6.10 Å². The molecule has 0 bridgehead atoms. The van der Waals surface area contributed by atoms with E-state index in [4.69, 9.17) is 0 Å². The van der Waals surface area contributed by atoms with Crippen molar-refractivity contribution in [2.24, 2.45) is 0 Å². The fraction of sp³-hybridized carbons (Fsp3) is 0.222. The van der Waals surface area contributed by atoms with Gasteiger partial charge in [-0.2, -0.15) is 0 Å². The van der Waals surface area contributed by atoms with Crippen LogP contribution in [0.15, 0.2) is 16.6 Å². The minimum absolute atomic E-state index is 0.117. The van der Waals surface area contributed by atoms with E-state index in [1.165, 1.54) is 12.1 Å². The molecule has 0 saturated carbocycles. The lowest BCUT2D eigenvalue weighted by atomic mass is 10.1. The molecule has 6 heteroatoms. The molecule has 0 amide bonds. The number of ether oxygens (including phenoxy) is 1. The summed E-state index contributed by atoms with van der Waals surface area (Å²) in [6, 6.07) is 2.56. The van der Waals surface area contributed by atoms with Crippen LogP contribution in [0.3, 0.4) is 0 Å². The van der Waals surface area contributed by atoms with Gasteiger partial charge in [0.05, 0.1) is 7.11 Å². The third-order valence-electron chi connectivity index (χ3n) is 1.80. The predicted octanol–water partition coefficient (Wildman–Crippen LogP) is 1.07. The molecular weight excluding hydrogens is 268 g/mol. The normalized spacial score (nSPS) is 12.2. The Bertz CT molecular complexity index is 390. The number of halogens is 1. The summed E-state index contributed by atoms with van der Waals surface area (Å²) >= 11 is 3.05. The highest BCUT2D eigenvalue weighted by molar-refractivity contribution is 9.10. The van der Waals surface area contributed by atoms with Gasteiger partial charge in [0.1, 0.15) is 0 Å². The zero-order valence-corrected chi connectivity index (χ0v) is 9.35. The van der Waals surface area contributed by atoms with Crippen LogP contribution < -0.4 is 0 Å². The molecule has 82 valence electrons. The molecule has 0 aliphatic carbocycles. The van der Waals surface area contributed by atoms with Crippen LogP contribution in [0.5, 0.6) is 11.5 Å². The highest BCUT2D eigenvalue weighted by Crippen LogP contribution is 2.36. The molecule has 0 saturated heterocycles. The van der Waals surface area contributed by atoms with E-state index in [-0.39, 0.29) is 5.56 Å². The van der Waals surface area contributed by atoms with Gasteiger partial charge >= 0.3 is 5.97 Å². The summed E-state index contributed by atoms with van der Waals surface area (Å²) in [5, 5.41) is 28.1. The zero-order valence-electron chi connectivity index (χ0n) is 7.77. The molecule has 5 nitrogen and oxygen atoms in total. The van der Waals surface area contributed by atoms with E-state index in [9.17, 15) is 20.1 Å². The Morgan fingerprint density at radius 1 is 1.47 bits per heavy atom. The van der Waals surface area contributed by atoms with E-state index < -0.39 is 23.6 Å². The van der Waals surface area contributed by atoms with Gasteiger partial charge in [-0.1, -0.05) is 15.9 Å². The Morgan fingerprint density at radius 3 is 2.60 bits per heavy atom. The fourth-order valence-electron chi connectivity index (χ4n) is 1.05. The van der Waals surface area contributed by atoms with Gasteiger partial charge in [0.2, 0.25) is 0 Å². The number of esters is 1. The number of carbonyl (C=O) groups excluding carboxylic acids is 1. The van der Waals surface area contributed by atoms with E-state index >= 15 is 0 Å². The highest BCUT2D eigenvalue weighted by Gasteiger charge is 2.23. The molecule has 1 aromatic rings. The van der Waals surface area contributed by atoms with Gasteiger partial charge in [-0.3, -0.25) is 0 Å². The van der Waals surface area contributed by atoms with Gasteiger partial charge in [-0.15, -0.1) is 0 Å². The molecule has 0 aromatic heterocycles. The van der Waals surface area contributed by atoms with E-state index in [1.807, 2.05) is 0 Å². The topological polar surface area (TPSA) is 87.0 Å². The molecule has 0 radical (unpaired) electrons. The summed E-state index contributed by atoms with van der Waals surface area (Å²) in [7, 11) is 1.11. The maximum Gasteiger partial charge on any atom is 0.339 e. The Labute approximate surface area is 94.1 Å². The van der Waals surface area contributed by atoms with E-state index in [0.29, 0.717) is 4.47 Å². The molecule has 0 aliphatic rings. The van der Waals surface area contributed by atoms with Crippen LogP contribution in [0.25, 0.3) is 0 Å². The average molecular weight is 277 g/mol. The van der Waals surface area contributed by atoms with Crippen LogP contribution in [0.1, 0.15) is 11.7 Å². The Hall–Kier alpha value is -1.27. The minimum atomic E-state index is -1.63. The van der Waals surface area contributed by atoms with Gasteiger partial charge < -0.3 is 20.1 Å². The summed E-state index contributed by atoms with van der Waals surface area (Å²) in [5.74, 6) is -1.89. The van der Waals surface area contributed by atoms with Crippen molar-refractivity contribution < 1.29 is 24.9 Å². The first kappa shape index (κ1) is 11.8. The smallest absolute Gasteiger partial charge is 0.339 e. The van der Waals surface area contributed by atoms with Crippen molar-refractivity contribution >= 4 is 21.9 Å². The first-order valence-corrected chi connectivity index (χ1v) is 4.74. The molecule has 0 heterocycles. The number of phenolic OH excluding ortho intramolecular Hbond substituents is 2. The summed E-state index contributed by atoms with van der Waals surface area (Å²) in [6.45, 7) is 0. The molecule has 0 fully saturated rings. The number of aromatic hydroxyl groups is 2. The van der Waals surface area contributed by atoms with Crippen LogP contribution in [-0.2, 0) is 9.53 Å².